The second kappa shape index (κ2) is 12.6. The van der Waals surface area contributed by atoms with Crippen LogP contribution in [0.15, 0.2) is 188 Å². The van der Waals surface area contributed by atoms with Gasteiger partial charge in [-0.3, -0.25) is 4.57 Å². The SMILES string of the molecule is c1ccc(-c2ccc3c4ccccc4n(-c4ccc5c(c4)sc4cc(-c6nc(-c7ccccc7)nc(-n7c8ccccc8c8ccccc87)n6)ccc45)c3c2)cc1. The Kier molecular flexibility index (Phi) is 7.03. The van der Waals surface area contributed by atoms with E-state index in [2.05, 4.69) is 179 Å². The monoisotopic (exact) mass is 745 g/mol. The molecule has 0 fully saturated rings. The van der Waals surface area contributed by atoms with E-state index in [0.717, 1.165) is 27.8 Å². The van der Waals surface area contributed by atoms with Crippen molar-refractivity contribution in [2.75, 3.05) is 0 Å². The van der Waals surface area contributed by atoms with Gasteiger partial charge in [-0.05, 0) is 53.6 Å². The summed E-state index contributed by atoms with van der Waals surface area (Å²) in [6.07, 6.45) is 0. The highest BCUT2D eigenvalue weighted by Crippen LogP contribution is 2.40. The number of hydrogen-bond acceptors (Lipinski definition) is 4. The Morgan fingerprint density at radius 1 is 0.316 bits per heavy atom. The second-order valence-electron chi connectivity index (χ2n) is 14.5. The Morgan fingerprint density at radius 3 is 1.47 bits per heavy atom. The zero-order valence-corrected chi connectivity index (χ0v) is 31.4. The molecule has 57 heavy (non-hydrogen) atoms. The summed E-state index contributed by atoms with van der Waals surface area (Å²) in [4.78, 5) is 15.4. The van der Waals surface area contributed by atoms with Crippen LogP contribution < -0.4 is 0 Å². The summed E-state index contributed by atoms with van der Waals surface area (Å²) >= 11 is 1.81. The largest absolute Gasteiger partial charge is 0.309 e. The van der Waals surface area contributed by atoms with E-state index in [0.29, 0.717) is 17.6 Å². The van der Waals surface area contributed by atoms with Gasteiger partial charge >= 0.3 is 0 Å². The minimum Gasteiger partial charge on any atom is -0.309 e. The average molecular weight is 746 g/mol. The summed E-state index contributed by atoms with van der Waals surface area (Å²) in [6, 6.07) is 66.8. The van der Waals surface area contributed by atoms with Crippen LogP contribution in [0, 0.1) is 0 Å². The van der Waals surface area contributed by atoms with Crippen LogP contribution >= 0.6 is 11.3 Å². The first kappa shape index (κ1) is 31.9. The molecule has 0 spiro atoms. The fourth-order valence-electron chi connectivity index (χ4n) is 8.55. The first-order valence-electron chi connectivity index (χ1n) is 19.1. The zero-order chi connectivity index (χ0) is 37.5. The van der Waals surface area contributed by atoms with Crippen molar-refractivity contribution in [1.29, 1.82) is 0 Å². The molecule has 0 N–H and O–H groups in total. The van der Waals surface area contributed by atoms with Crippen molar-refractivity contribution in [3.8, 4) is 45.5 Å². The van der Waals surface area contributed by atoms with E-state index in [1.807, 2.05) is 29.5 Å². The summed E-state index contributed by atoms with van der Waals surface area (Å²) in [5.74, 6) is 1.87. The van der Waals surface area contributed by atoms with Crippen molar-refractivity contribution in [1.82, 2.24) is 24.1 Å². The van der Waals surface area contributed by atoms with Crippen LogP contribution in [0.4, 0.5) is 0 Å². The van der Waals surface area contributed by atoms with E-state index < -0.39 is 0 Å². The van der Waals surface area contributed by atoms with Gasteiger partial charge < -0.3 is 4.57 Å². The smallest absolute Gasteiger partial charge is 0.238 e. The molecule has 12 rings (SSSR count). The molecular formula is C51H31N5S. The number of thiophene rings is 1. The molecule has 266 valence electrons. The van der Waals surface area contributed by atoms with Crippen LogP contribution in [0.2, 0.25) is 0 Å². The van der Waals surface area contributed by atoms with Crippen LogP contribution in [-0.4, -0.2) is 24.1 Å². The highest BCUT2D eigenvalue weighted by atomic mass is 32.1. The molecule has 0 amide bonds. The molecular weight excluding hydrogens is 715 g/mol. The van der Waals surface area contributed by atoms with Gasteiger partial charge in [-0.15, -0.1) is 11.3 Å². The summed E-state index contributed by atoms with van der Waals surface area (Å²) in [5, 5.41) is 7.29. The number of nitrogens with zero attached hydrogens (tertiary/aromatic N) is 5. The highest BCUT2D eigenvalue weighted by molar-refractivity contribution is 7.25. The molecule has 0 bridgehead atoms. The molecule has 0 saturated carbocycles. The molecule has 0 unspecified atom stereocenters. The standard InChI is InChI=1S/C51H31N5S/c1-3-13-32(14-4-1)34-23-26-40-39-19-7-10-20-43(39)55(46(40)29-34)36-25-28-42-41-27-24-35(30-47(41)57-48(42)31-36)50-52-49(33-15-5-2-6-16-33)53-51(54-50)56-44-21-11-8-17-37(44)38-18-9-12-22-45(38)56/h1-31H. The first-order valence-corrected chi connectivity index (χ1v) is 19.9. The van der Waals surface area contributed by atoms with E-state index in [1.165, 1.54) is 63.9 Å². The Bertz CT molecular complexity index is 3470. The van der Waals surface area contributed by atoms with Gasteiger partial charge in [0.2, 0.25) is 5.95 Å². The molecule has 5 nitrogen and oxygen atoms in total. The number of benzene rings is 8. The van der Waals surface area contributed by atoms with E-state index in [1.54, 1.807) is 0 Å². The van der Waals surface area contributed by atoms with Crippen LogP contribution in [-0.2, 0) is 0 Å². The molecule has 0 atom stereocenters. The normalized spacial score (nSPS) is 11.9. The fraction of sp³-hybridized carbons (Fsp3) is 0. The number of rotatable bonds is 5. The average Bonchev–Trinajstić information content (AvgIpc) is 3.93. The fourth-order valence-corrected chi connectivity index (χ4v) is 9.73. The van der Waals surface area contributed by atoms with Crippen LogP contribution in [0.5, 0.6) is 0 Å². The Balaban J connectivity index is 1.02. The quantitative estimate of drug-likeness (QED) is 0.176. The minimum atomic E-state index is 0.596. The predicted molar refractivity (Wildman–Crippen MR) is 238 cm³/mol. The zero-order valence-electron chi connectivity index (χ0n) is 30.5. The van der Waals surface area contributed by atoms with Gasteiger partial charge in [0.25, 0.3) is 0 Å². The van der Waals surface area contributed by atoms with Gasteiger partial charge in [-0.2, -0.15) is 9.97 Å². The third kappa shape index (κ3) is 5.04. The lowest BCUT2D eigenvalue weighted by Crippen LogP contribution is -2.06. The molecule has 8 aromatic carbocycles. The molecule has 6 heteroatoms. The van der Waals surface area contributed by atoms with Crippen molar-refractivity contribution in [3.63, 3.8) is 0 Å². The van der Waals surface area contributed by atoms with E-state index in [9.17, 15) is 0 Å². The third-order valence-electron chi connectivity index (χ3n) is 11.2. The summed E-state index contributed by atoms with van der Waals surface area (Å²) in [7, 11) is 0. The Hall–Kier alpha value is -7.41. The number of para-hydroxylation sites is 3. The molecule has 12 aromatic rings. The van der Waals surface area contributed by atoms with Gasteiger partial charge in [-0.1, -0.05) is 146 Å². The van der Waals surface area contributed by atoms with Gasteiger partial charge in [0, 0.05) is 58.5 Å². The Morgan fingerprint density at radius 2 is 0.807 bits per heavy atom. The topological polar surface area (TPSA) is 48.5 Å². The van der Waals surface area contributed by atoms with Crippen LogP contribution in [0.1, 0.15) is 0 Å². The maximum Gasteiger partial charge on any atom is 0.238 e. The van der Waals surface area contributed by atoms with Gasteiger partial charge in [0.15, 0.2) is 11.6 Å². The lowest BCUT2D eigenvalue weighted by atomic mass is 10.0. The predicted octanol–water partition coefficient (Wildman–Crippen LogP) is 13.4. The maximum atomic E-state index is 5.21. The summed E-state index contributed by atoms with van der Waals surface area (Å²) < 4.78 is 7.00. The van der Waals surface area contributed by atoms with Crippen LogP contribution in [0.25, 0.3) is 109 Å². The second-order valence-corrected chi connectivity index (χ2v) is 15.5. The van der Waals surface area contributed by atoms with Gasteiger partial charge in [0.05, 0.1) is 22.1 Å². The molecule has 0 saturated heterocycles. The number of hydrogen-bond donors (Lipinski definition) is 0. The number of aromatic nitrogens is 5. The lowest BCUT2D eigenvalue weighted by Gasteiger charge is -2.11. The Labute approximate surface area is 331 Å². The highest BCUT2D eigenvalue weighted by Gasteiger charge is 2.19. The van der Waals surface area contributed by atoms with Crippen molar-refractivity contribution in [3.05, 3.63) is 188 Å². The summed E-state index contributed by atoms with van der Waals surface area (Å²) in [6.45, 7) is 0. The van der Waals surface area contributed by atoms with Crippen molar-refractivity contribution < 1.29 is 0 Å². The van der Waals surface area contributed by atoms with Gasteiger partial charge in [-0.25, -0.2) is 4.98 Å². The van der Waals surface area contributed by atoms with E-state index >= 15 is 0 Å². The molecule has 0 radical (unpaired) electrons. The minimum absolute atomic E-state index is 0.596. The molecule has 0 aliphatic heterocycles. The number of fused-ring (bicyclic) bond motifs is 9. The van der Waals surface area contributed by atoms with Crippen molar-refractivity contribution in [2.45, 2.75) is 0 Å². The van der Waals surface area contributed by atoms with Crippen molar-refractivity contribution >= 4 is 75.1 Å². The molecule has 4 aromatic heterocycles. The molecule has 0 aliphatic carbocycles. The van der Waals surface area contributed by atoms with Crippen molar-refractivity contribution in [2.24, 2.45) is 0 Å². The van der Waals surface area contributed by atoms with E-state index in [-0.39, 0.29) is 0 Å². The van der Waals surface area contributed by atoms with Crippen LogP contribution in [0.3, 0.4) is 0 Å². The van der Waals surface area contributed by atoms with Gasteiger partial charge in [0.1, 0.15) is 0 Å². The lowest BCUT2D eigenvalue weighted by molar-refractivity contribution is 0.954. The molecule has 0 aliphatic rings. The van der Waals surface area contributed by atoms with E-state index in [4.69, 9.17) is 15.0 Å². The third-order valence-corrected chi connectivity index (χ3v) is 12.3. The molecule has 4 heterocycles. The maximum absolute atomic E-state index is 5.21. The first-order chi connectivity index (χ1) is 28.2. The summed E-state index contributed by atoms with van der Waals surface area (Å²) in [5.41, 5.74) is 9.97.